The molecule has 0 heterocycles. The van der Waals surface area contributed by atoms with Crippen LogP contribution in [0.4, 0.5) is 0 Å². The summed E-state index contributed by atoms with van der Waals surface area (Å²) in [6.45, 7) is 1.43. The van der Waals surface area contributed by atoms with Crippen molar-refractivity contribution in [2.75, 3.05) is 21.3 Å². The Hall–Kier alpha value is -2.74. The summed E-state index contributed by atoms with van der Waals surface area (Å²) in [5.41, 5.74) is 2.34. The van der Waals surface area contributed by atoms with Crippen LogP contribution in [0, 0.1) is 0 Å². The highest BCUT2D eigenvalue weighted by atomic mass is 79.9. The Morgan fingerprint density at radius 2 is 1.83 bits per heavy atom. The number of fused-ring (bicyclic) bond motifs is 3. The molecule has 0 spiro atoms. The first kappa shape index (κ1) is 21.0. The van der Waals surface area contributed by atoms with Crippen LogP contribution in [0.5, 0.6) is 23.0 Å². The second kappa shape index (κ2) is 8.32. The lowest BCUT2D eigenvalue weighted by atomic mass is 9.95. The SMILES string of the molecule is COc1cc2c(c(OC)c1OC)-c1cc(Br)c(O)c(=O)cc1[C@@H](NC(C)=O)CC2. The molecule has 0 unspecified atom stereocenters. The summed E-state index contributed by atoms with van der Waals surface area (Å²) in [6.07, 6.45) is 1.16. The summed E-state index contributed by atoms with van der Waals surface area (Å²) < 4.78 is 16.9. The molecule has 7 nitrogen and oxygen atoms in total. The van der Waals surface area contributed by atoms with E-state index in [1.807, 2.05) is 6.07 Å². The number of nitrogens with one attached hydrogen (secondary N) is 1. The van der Waals surface area contributed by atoms with Crippen LogP contribution >= 0.6 is 15.9 Å². The first-order valence-electron chi connectivity index (χ1n) is 8.98. The average molecular weight is 464 g/mol. The highest BCUT2D eigenvalue weighted by Gasteiger charge is 2.29. The van der Waals surface area contributed by atoms with E-state index in [2.05, 4.69) is 21.2 Å². The molecule has 2 aromatic rings. The molecule has 2 aromatic carbocycles. The normalized spacial score (nSPS) is 14.9. The molecule has 1 aliphatic rings. The van der Waals surface area contributed by atoms with E-state index in [0.29, 0.717) is 41.2 Å². The van der Waals surface area contributed by atoms with Crippen LogP contribution in [-0.4, -0.2) is 32.3 Å². The Bertz CT molecular complexity index is 1040. The van der Waals surface area contributed by atoms with Gasteiger partial charge in [0.1, 0.15) is 0 Å². The van der Waals surface area contributed by atoms with Crippen molar-refractivity contribution in [2.24, 2.45) is 0 Å². The number of rotatable bonds is 4. The van der Waals surface area contributed by atoms with Gasteiger partial charge < -0.3 is 24.6 Å². The van der Waals surface area contributed by atoms with Crippen LogP contribution in [0.3, 0.4) is 0 Å². The number of carbonyl (C=O) groups is 1. The minimum Gasteiger partial charge on any atom is -0.503 e. The first-order chi connectivity index (χ1) is 13.8. The van der Waals surface area contributed by atoms with Gasteiger partial charge in [0.15, 0.2) is 17.2 Å². The van der Waals surface area contributed by atoms with Gasteiger partial charge in [-0.05, 0) is 63.7 Å². The van der Waals surface area contributed by atoms with Crippen molar-refractivity contribution >= 4 is 21.8 Å². The number of hydrogen-bond donors (Lipinski definition) is 2. The molecular weight excluding hydrogens is 442 g/mol. The molecular formula is C21H22BrNO6. The lowest BCUT2D eigenvalue weighted by Gasteiger charge is -2.19. The summed E-state index contributed by atoms with van der Waals surface area (Å²) in [7, 11) is 4.60. The van der Waals surface area contributed by atoms with Crippen LogP contribution in [-0.2, 0) is 11.2 Å². The zero-order chi connectivity index (χ0) is 21.3. The van der Waals surface area contributed by atoms with Gasteiger partial charge in [-0.2, -0.15) is 0 Å². The van der Waals surface area contributed by atoms with E-state index in [1.54, 1.807) is 13.2 Å². The molecule has 1 amide bonds. The number of carbonyl (C=O) groups excluding carboxylic acids is 1. The number of aromatic hydroxyl groups is 1. The molecule has 1 aliphatic carbocycles. The zero-order valence-electron chi connectivity index (χ0n) is 16.6. The maximum Gasteiger partial charge on any atom is 0.221 e. The van der Waals surface area contributed by atoms with E-state index in [-0.39, 0.29) is 10.4 Å². The van der Waals surface area contributed by atoms with Gasteiger partial charge in [-0.1, -0.05) is 0 Å². The fourth-order valence-electron chi connectivity index (χ4n) is 3.74. The predicted molar refractivity (Wildman–Crippen MR) is 112 cm³/mol. The highest BCUT2D eigenvalue weighted by Crippen LogP contribution is 2.50. The van der Waals surface area contributed by atoms with Crippen LogP contribution in [0.15, 0.2) is 27.5 Å². The van der Waals surface area contributed by atoms with Crippen LogP contribution < -0.4 is 25.0 Å². The Balaban J connectivity index is 2.46. The van der Waals surface area contributed by atoms with Crippen molar-refractivity contribution in [2.45, 2.75) is 25.8 Å². The standard InChI is InChI=1S/C21H22BrNO6/c1-10(24)23-15-6-5-11-7-17(27-2)20(28-3)21(29-4)18(11)13-8-14(22)19(26)16(25)9-12(13)15/h7-9,15H,5-6H2,1-4H3,(H,23,24)(H,25,26)/t15-/m0/s1. The maximum atomic E-state index is 12.5. The van der Waals surface area contributed by atoms with Crippen molar-refractivity contribution in [3.63, 3.8) is 0 Å². The van der Waals surface area contributed by atoms with E-state index >= 15 is 0 Å². The number of benzene rings is 1. The first-order valence-corrected chi connectivity index (χ1v) is 9.77. The Kier molecular flexibility index (Phi) is 6.02. The monoisotopic (exact) mass is 463 g/mol. The number of hydrogen-bond acceptors (Lipinski definition) is 6. The smallest absolute Gasteiger partial charge is 0.221 e. The molecule has 0 saturated heterocycles. The number of ether oxygens (including phenoxy) is 3. The van der Waals surface area contributed by atoms with Crippen molar-refractivity contribution in [1.29, 1.82) is 0 Å². The fourth-order valence-corrected chi connectivity index (χ4v) is 4.16. The second-order valence-corrected chi connectivity index (χ2v) is 7.54. The minimum absolute atomic E-state index is 0.212. The summed E-state index contributed by atoms with van der Waals surface area (Å²) in [5, 5.41) is 13.1. The highest BCUT2D eigenvalue weighted by molar-refractivity contribution is 9.10. The minimum atomic E-state index is -0.545. The van der Waals surface area contributed by atoms with Crippen LogP contribution in [0.1, 0.15) is 30.5 Å². The van der Waals surface area contributed by atoms with Crippen molar-refractivity contribution in [3.05, 3.63) is 44.0 Å². The molecule has 2 N–H and O–H groups in total. The maximum absolute atomic E-state index is 12.5. The summed E-state index contributed by atoms with van der Waals surface area (Å²) in [4.78, 5) is 24.3. The van der Waals surface area contributed by atoms with E-state index in [4.69, 9.17) is 14.2 Å². The summed E-state index contributed by atoms with van der Waals surface area (Å²) in [6, 6.07) is 4.49. The fraction of sp³-hybridized carbons (Fsp3) is 0.333. The molecule has 0 saturated carbocycles. The number of methoxy groups -OCH3 is 3. The van der Waals surface area contributed by atoms with E-state index in [0.717, 1.165) is 11.1 Å². The van der Waals surface area contributed by atoms with Crippen molar-refractivity contribution < 1.29 is 24.1 Å². The predicted octanol–water partition coefficient (Wildman–Crippen LogP) is 3.33. The van der Waals surface area contributed by atoms with E-state index < -0.39 is 17.2 Å². The lowest BCUT2D eigenvalue weighted by molar-refractivity contribution is -0.119. The van der Waals surface area contributed by atoms with Crippen molar-refractivity contribution in [3.8, 4) is 34.1 Å². The van der Waals surface area contributed by atoms with Crippen LogP contribution in [0.25, 0.3) is 11.1 Å². The molecule has 3 rings (SSSR count). The molecule has 0 fully saturated rings. The van der Waals surface area contributed by atoms with Gasteiger partial charge in [0.25, 0.3) is 0 Å². The van der Waals surface area contributed by atoms with Crippen molar-refractivity contribution in [1.82, 2.24) is 5.32 Å². The largest absolute Gasteiger partial charge is 0.503 e. The quantitative estimate of drug-likeness (QED) is 0.721. The van der Waals surface area contributed by atoms with E-state index in [9.17, 15) is 14.7 Å². The second-order valence-electron chi connectivity index (χ2n) is 6.69. The van der Waals surface area contributed by atoms with Gasteiger partial charge in [0.05, 0.1) is 31.8 Å². The van der Waals surface area contributed by atoms with Gasteiger partial charge in [0, 0.05) is 12.5 Å². The third-order valence-electron chi connectivity index (χ3n) is 4.96. The zero-order valence-corrected chi connectivity index (χ0v) is 18.2. The Morgan fingerprint density at radius 3 is 2.41 bits per heavy atom. The summed E-state index contributed by atoms with van der Waals surface area (Å²) in [5.74, 6) is 0.787. The molecule has 0 radical (unpaired) electrons. The van der Waals surface area contributed by atoms with Gasteiger partial charge in [-0.25, -0.2) is 0 Å². The van der Waals surface area contributed by atoms with Gasteiger partial charge in [-0.3, -0.25) is 9.59 Å². The number of amides is 1. The third kappa shape index (κ3) is 3.76. The molecule has 0 aliphatic heterocycles. The molecule has 8 heteroatoms. The van der Waals surface area contributed by atoms with Crippen LogP contribution in [0.2, 0.25) is 0 Å². The molecule has 0 bridgehead atoms. The molecule has 154 valence electrons. The Morgan fingerprint density at radius 1 is 1.14 bits per heavy atom. The average Bonchev–Trinajstić information content (AvgIpc) is 2.89. The van der Waals surface area contributed by atoms with Gasteiger partial charge >= 0.3 is 0 Å². The van der Waals surface area contributed by atoms with E-state index in [1.165, 1.54) is 27.2 Å². The molecule has 0 aromatic heterocycles. The molecule has 1 atom stereocenters. The van der Waals surface area contributed by atoms with Gasteiger partial charge in [-0.15, -0.1) is 0 Å². The Labute approximate surface area is 176 Å². The number of aryl methyl sites for hydroxylation is 1. The number of halogens is 1. The molecule has 29 heavy (non-hydrogen) atoms. The topological polar surface area (TPSA) is 94.1 Å². The summed E-state index contributed by atoms with van der Waals surface area (Å²) >= 11 is 3.28. The van der Waals surface area contributed by atoms with Gasteiger partial charge in [0.2, 0.25) is 17.1 Å². The third-order valence-corrected chi connectivity index (χ3v) is 5.57. The lowest BCUT2D eigenvalue weighted by Crippen LogP contribution is -2.26.